The van der Waals surface area contributed by atoms with E-state index in [1.54, 1.807) is 0 Å². The summed E-state index contributed by atoms with van der Waals surface area (Å²) in [7, 11) is 0. The Morgan fingerprint density at radius 1 is 1.89 bits per heavy atom. The number of rotatable bonds is 2. The fourth-order valence-electron chi connectivity index (χ4n) is 0.826. The van der Waals surface area contributed by atoms with Crippen LogP contribution in [0.2, 0.25) is 0 Å². The molecule has 1 heterocycles. The Morgan fingerprint density at radius 2 is 2.67 bits per heavy atom. The average molecular weight is 145 g/mol. The van der Waals surface area contributed by atoms with Crippen LogP contribution in [0.1, 0.15) is 6.92 Å². The van der Waals surface area contributed by atoms with Gasteiger partial charge in [0.15, 0.2) is 5.90 Å². The van der Waals surface area contributed by atoms with E-state index in [-0.39, 0.29) is 0 Å². The smallest absolute Gasteiger partial charge is 0.180 e. The summed E-state index contributed by atoms with van der Waals surface area (Å²) in [4.78, 5) is 4.25. The summed E-state index contributed by atoms with van der Waals surface area (Å²) in [5.74, 6) is 1.92. The van der Waals surface area contributed by atoms with E-state index in [1.807, 2.05) is 18.7 Å². The second kappa shape index (κ2) is 3.11. The Bertz CT molecular complexity index is 124. The van der Waals surface area contributed by atoms with Crippen molar-refractivity contribution in [2.24, 2.45) is 4.99 Å². The quantitative estimate of drug-likeness (QED) is 0.581. The average Bonchev–Trinajstić information content (AvgIpc) is 2.17. The third kappa shape index (κ3) is 1.90. The van der Waals surface area contributed by atoms with E-state index < -0.39 is 0 Å². The molecule has 0 saturated heterocycles. The first-order valence-electron chi connectivity index (χ1n) is 2.99. The third-order valence-corrected chi connectivity index (χ3v) is 1.93. The van der Waals surface area contributed by atoms with E-state index in [9.17, 15) is 0 Å². The van der Waals surface area contributed by atoms with E-state index in [4.69, 9.17) is 4.74 Å². The van der Waals surface area contributed by atoms with Gasteiger partial charge in [0.2, 0.25) is 0 Å². The van der Waals surface area contributed by atoms with Crippen molar-refractivity contribution >= 4 is 17.7 Å². The van der Waals surface area contributed by atoms with E-state index in [0.717, 1.165) is 18.3 Å². The molecule has 0 fully saturated rings. The maximum absolute atomic E-state index is 5.15. The van der Waals surface area contributed by atoms with Gasteiger partial charge in [0.1, 0.15) is 6.61 Å². The molecule has 0 saturated carbocycles. The lowest BCUT2D eigenvalue weighted by Crippen LogP contribution is -2.08. The molecule has 52 valence electrons. The molecule has 0 aromatic carbocycles. The van der Waals surface area contributed by atoms with Crippen LogP contribution in [0.5, 0.6) is 0 Å². The van der Waals surface area contributed by atoms with E-state index >= 15 is 0 Å². The Balaban J connectivity index is 2.29. The highest BCUT2D eigenvalue weighted by Crippen LogP contribution is 2.08. The molecule has 1 aliphatic rings. The molecular weight excluding hydrogens is 134 g/mol. The van der Waals surface area contributed by atoms with Crippen LogP contribution in [0, 0.1) is 0 Å². The number of ether oxygens (including phenoxy) is 1. The first-order valence-corrected chi connectivity index (χ1v) is 4.38. The predicted molar refractivity (Wildman–Crippen MR) is 41.2 cm³/mol. The van der Waals surface area contributed by atoms with Crippen LogP contribution in [0.15, 0.2) is 4.99 Å². The normalized spacial score (nSPS) is 25.6. The topological polar surface area (TPSA) is 21.6 Å². The maximum Gasteiger partial charge on any atom is 0.180 e. The minimum atomic E-state index is 0.417. The minimum absolute atomic E-state index is 0.417. The molecule has 1 rings (SSSR count). The summed E-state index contributed by atoms with van der Waals surface area (Å²) in [6.45, 7) is 2.69. The van der Waals surface area contributed by atoms with Gasteiger partial charge in [0.25, 0.3) is 0 Å². The lowest BCUT2D eigenvalue weighted by Gasteiger charge is -1.99. The van der Waals surface area contributed by atoms with Gasteiger partial charge in [-0.3, -0.25) is 0 Å². The summed E-state index contributed by atoms with van der Waals surface area (Å²) < 4.78 is 5.15. The van der Waals surface area contributed by atoms with Gasteiger partial charge in [-0.1, -0.05) is 0 Å². The van der Waals surface area contributed by atoms with Crippen molar-refractivity contribution in [1.29, 1.82) is 0 Å². The molecule has 0 amide bonds. The highest BCUT2D eigenvalue weighted by Gasteiger charge is 2.13. The van der Waals surface area contributed by atoms with Crippen LogP contribution in [0.4, 0.5) is 0 Å². The molecule has 0 bridgehead atoms. The van der Waals surface area contributed by atoms with Crippen LogP contribution >= 0.6 is 11.8 Å². The molecule has 0 radical (unpaired) electrons. The predicted octanol–water partition coefficient (Wildman–Crippen LogP) is 1.17. The molecular formula is C6H11NOS. The van der Waals surface area contributed by atoms with E-state index in [1.165, 1.54) is 0 Å². The van der Waals surface area contributed by atoms with Crippen LogP contribution in [-0.2, 0) is 4.74 Å². The number of thioether (sulfide) groups is 1. The van der Waals surface area contributed by atoms with Crippen molar-refractivity contribution in [3.8, 4) is 0 Å². The molecule has 0 spiro atoms. The third-order valence-electron chi connectivity index (χ3n) is 1.21. The molecule has 9 heavy (non-hydrogen) atoms. The van der Waals surface area contributed by atoms with Gasteiger partial charge in [-0.15, -0.1) is 0 Å². The van der Waals surface area contributed by atoms with Crippen molar-refractivity contribution in [3.63, 3.8) is 0 Å². The summed E-state index contributed by atoms with van der Waals surface area (Å²) in [6.07, 6.45) is 2.09. The van der Waals surface area contributed by atoms with E-state index in [0.29, 0.717) is 6.04 Å². The standard InChI is InChI=1S/C6H11NOS/c1-5-7-6(3-8-5)4-9-2/h6H,3-4H2,1-2H3. The fourth-order valence-corrected chi connectivity index (χ4v) is 1.38. The largest absolute Gasteiger partial charge is 0.479 e. The lowest BCUT2D eigenvalue weighted by atomic mass is 10.4. The van der Waals surface area contributed by atoms with Gasteiger partial charge in [-0.2, -0.15) is 11.8 Å². The number of hydrogen-bond acceptors (Lipinski definition) is 3. The lowest BCUT2D eigenvalue weighted by molar-refractivity contribution is 0.322. The molecule has 0 aromatic rings. The van der Waals surface area contributed by atoms with Gasteiger partial charge < -0.3 is 4.74 Å². The first kappa shape index (κ1) is 6.93. The number of nitrogens with zero attached hydrogens (tertiary/aromatic N) is 1. The highest BCUT2D eigenvalue weighted by atomic mass is 32.2. The Labute approximate surface area is 59.7 Å². The van der Waals surface area contributed by atoms with Crippen molar-refractivity contribution in [1.82, 2.24) is 0 Å². The van der Waals surface area contributed by atoms with Crippen molar-refractivity contribution in [2.45, 2.75) is 13.0 Å². The number of hydrogen-bond donors (Lipinski definition) is 0. The van der Waals surface area contributed by atoms with Crippen LogP contribution < -0.4 is 0 Å². The molecule has 1 aliphatic heterocycles. The zero-order valence-corrected chi connectivity index (χ0v) is 6.57. The van der Waals surface area contributed by atoms with Crippen LogP contribution in [0.25, 0.3) is 0 Å². The van der Waals surface area contributed by atoms with Crippen LogP contribution in [0.3, 0.4) is 0 Å². The van der Waals surface area contributed by atoms with Gasteiger partial charge in [0.05, 0.1) is 6.04 Å². The Hall–Kier alpha value is -0.180. The monoisotopic (exact) mass is 145 g/mol. The second-order valence-electron chi connectivity index (χ2n) is 2.07. The van der Waals surface area contributed by atoms with Gasteiger partial charge in [0, 0.05) is 12.7 Å². The zero-order chi connectivity index (χ0) is 6.69. The summed E-state index contributed by atoms with van der Waals surface area (Å²) in [6, 6.07) is 0.417. The SMILES string of the molecule is CSCC1COC(C)=N1. The van der Waals surface area contributed by atoms with Crippen molar-refractivity contribution in [2.75, 3.05) is 18.6 Å². The molecule has 1 atom stereocenters. The summed E-state index contributed by atoms with van der Waals surface area (Å²) in [5, 5.41) is 0. The number of aliphatic imine (C=N–C) groups is 1. The van der Waals surface area contributed by atoms with Crippen molar-refractivity contribution < 1.29 is 4.74 Å². The summed E-state index contributed by atoms with van der Waals surface area (Å²) in [5.41, 5.74) is 0. The molecule has 3 heteroatoms. The van der Waals surface area contributed by atoms with Gasteiger partial charge >= 0.3 is 0 Å². The van der Waals surface area contributed by atoms with Crippen LogP contribution in [-0.4, -0.2) is 30.6 Å². The molecule has 0 aliphatic carbocycles. The molecule has 2 nitrogen and oxygen atoms in total. The Kier molecular flexibility index (Phi) is 2.39. The first-order chi connectivity index (χ1) is 4.33. The summed E-state index contributed by atoms with van der Waals surface area (Å²) >= 11 is 1.81. The van der Waals surface area contributed by atoms with Gasteiger partial charge in [-0.25, -0.2) is 4.99 Å². The van der Waals surface area contributed by atoms with E-state index in [2.05, 4.69) is 11.2 Å². The maximum atomic E-state index is 5.15. The molecule has 0 aromatic heterocycles. The van der Waals surface area contributed by atoms with Crippen molar-refractivity contribution in [3.05, 3.63) is 0 Å². The van der Waals surface area contributed by atoms with Gasteiger partial charge in [-0.05, 0) is 6.26 Å². The Morgan fingerprint density at radius 3 is 3.11 bits per heavy atom. The highest BCUT2D eigenvalue weighted by molar-refractivity contribution is 7.98. The minimum Gasteiger partial charge on any atom is -0.479 e. The second-order valence-corrected chi connectivity index (χ2v) is 2.98. The fraction of sp³-hybridized carbons (Fsp3) is 0.833. The zero-order valence-electron chi connectivity index (χ0n) is 5.76. The molecule has 1 unspecified atom stereocenters. The molecule has 0 N–H and O–H groups in total.